The number of hydrogen-bond donors (Lipinski definition) is 0. The third-order valence-corrected chi connectivity index (χ3v) is 3.83. The lowest BCUT2D eigenvalue weighted by Gasteiger charge is -2.36. The van der Waals surface area contributed by atoms with Crippen molar-refractivity contribution in [3.05, 3.63) is 0 Å². The van der Waals surface area contributed by atoms with Crippen LogP contribution < -0.4 is 0 Å². The molecule has 0 atom stereocenters. The van der Waals surface area contributed by atoms with Crippen molar-refractivity contribution in [1.29, 1.82) is 0 Å². The maximum Gasteiger partial charge on any atom is 0.264 e. The molecular formula is C11H22O3S. The Labute approximate surface area is 93.3 Å². The molecule has 1 fully saturated rings. The molecule has 15 heavy (non-hydrogen) atoms. The van der Waals surface area contributed by atoms with Crippen LogP contribution in [0.15, 0.2) is 0 Å². The van der Waals surface area contributed by atoms with Gasteiger partial charge in [-0.15, -0.1) is 0 Å². The van der Waals surface area contributed by atoms with E-state index in [-0.39, 0.29) is 6.10 Å². The van der Waals surface area contributed by atoms with Gasteiger partial charge in [-0.2, -0.15) is 8.42 Å². The van der Waals surface area contributed by atoms with Crippen LogP contribution in [0, 0.1) is 11.3 Å². The Bertz CT molecular complexity index is 292. The molecule has 0 aliphatic heterocycles. The third-order valence-electron chi connectivity index (χ3n) is 3.21. The average molecular weight is 234 g/mol. The minimum atomic E-state index is -3.28. The Hall–Kier alpha value is -0.0900. The fourth-order valence-corrected chi connectivity index (χ4v) is 2.96. The van der Waals surface area contributed by atoms with Gasteiger partial charge in [0.2, 0.25) is 0 Å². The van der Waals surface area contributed by atoms with Crippen molar-refractivity contribution in [1.82, 2.24) is 0 Å². The molecule has 1 aliphatic carbocycles. The van der Waals surface area contributed by atoms with Crippen molar-refractivity contribution in [2.75, 3.05) is 6.26 Å². The summed E-state index contributed by atoms with van der Waals surface area (Å²) < 4.78 is 26.9. The SMILES string of the molecule is CC(C)(C)[C@H]1CC[C@H](OS(C)(=O)=O)CC1. The van der Waals surface area contributed by atoms with Gasteiger partial charge in [-0.05, 0) is 37.0 Å². The van der Waals surface area contributed by atoms with E-state index in [1.807, 2.05) is 0 Å². The molecule has 1 rings (SSSR count). The second-order valence-corrected chi connectivity index (χ2v) is 7.24. The molecule has 0 amide bonds. The summed E-state index contributed by atoms with van der Waals surface area (Å²) in [6.45, 7) is 6.74. The van der Waals surface area contributed by atoms with Crippen molar-refractivity contribution in [3.8, 4) is 0 Å². The molecule has 0 heterocycles. The highest BCUT2D eigenvalue weighted by Gasteiger charge is 2.31. The van der Waals surface area contributed by atoms with E-state index in [9.17, 15) is 8.42 Å². The minimum Gasteiger partial charge on any atom is -0.267 e. The Morgan fingerprint density at radius 3 is 1.87 bits per heavy atom. The molecule has 0 unspecified atom stereocenters. The lowest BCUT2D eigenvalue weighted by molar-refractivity contribution is 0.0932. The molecule has 0 aromatic carbocycles. The van der Waals surface area contributed by atoms with E-state index in [1.54, 1.807) is 0 Å². The van der Waals surface area contributed by atoms with Crippen LogP contribution in [0.4, 0.5) is 0 Å². The van der Waals surface area contributed by atoms with Gasteiger partial charge in [0, 0.05) is 0 Å². The van der Waals surface area contributed by atoms with Gasteiger partial charge in [-0.25, -0.2) is 0 Å². The molecular weight excluding hydrogens is 212 g/mol. The summed E-state index contributed by atoms with van der Waals surface area (Å²) in [6, 6.07) is 0. The molecule has 0 saturated heterocycles. The summed E-state index contributed by atoms with van der Waals surface area (Å²) in [5, 5.41) is 0. The van der Waals surface area contributed by atoms with E-state index in [4.69, 9.17) is 4.18 Å². The zero-order valence-corrected chi connectivity index (χ0v) is 10.9. The second kappa shape index (κ2) is 4.42. The lowest BCUT2D eigenvalue weighted by Crippen LogP contribution is -2.30. The van der Waals surface area contributed by atoms with E-state index in [1.165, 1.54) is 0 Å². The minimum absolute atomic E-state index is 0.0846. The Morgan fingerprint density at radius 1 is 1.07 bits per heavy atom. The molecule has 0 aromatic heterocycles. The summed E-state index contributed by atoms with van der Waals surface area (Å²) in [6.07, 6.45) is 4.93. The van der Waals surface area contributed by atoms with E-state index in [2.05, 4.69) is 20.8 Å². The highest BCUT2D eigenvalue weighted by molar-refractivity contribution is 7.86. The van der Waals surface area contributed by atoms with Crippen molar-refractivity contribution < 1.29 is 12.6 Å². The van der Waals surface area contributed by atoms with Gasteiger partial charge in [0.05, 0.1) is 12.4 Å². The van der Waals surface area contributed by atoms with E-state index in [0.29, 0.717) is 11.3 Å². The first-order valence-electron chi connectivity index (χ1n) is 5.57. The second-order valence-electron chi connectivity index (χ2n) is 5.64. The van der Waals surface area contributed by atoms with E-state index in [0.717, 1.165) is 31.9 Å². The quantitative estimate of drug-likeness (QED) is 0.690. The summed E-state index contributed by atoms with van der Waals surface area (Å²) in [5.41, 5.74) is 0.329. The number of rotatable bonds is 2. The molecule has 90 valence electrons. The van der Waals surface area contributed by atoms with Crippen LogP contribution in [0.3, 0.4) is 0 Å². The largest absolute Gasteiger partial charge is 0.267 e. The van der Waals surface area contributed by atoms with E-state index >= 15 is 0 Å². The smallest absolute Gasteiger partial charge is 0.264 e. The van der Waals surface area contributed by atoms with Gasteiger partial charge in [-0.3, -0.25) is 4.18 Å². The van der Waals surface area contributed by atoms with Gasteiger partial charge in [0.1, 0.15) is 0 Å². The molecule has 0 aromatic rings. The monoisotopic (exact) mass is 234 g/mol. The highest BCUT2D eigenvalue weighted by Crippen LogP contribution is 2.38. The standard InChI is InChI=1S/C11H22O3S/c1-11(2,3)9-5-7-10(8-6-9)14-15(4,12)13/h9-10H,5-8H2,1-4H3/t9-,10-. The number of hydrogen-bond acceptors (Lipinski definition) is 3. The van der Waals surface area contributed by atoms with E-state index < -0.39 is 10.1 Å². The van der Waals surface area contributed by atoms with Crippen molar-refractivity contribution >= 4 is 10.1 Å². The van der Waals surface area contributed by atoms with Crippen LogP contribution in [0.2, 0.25) is 0 Å². The van der Waals surface area contributed by atoms with Gasteiger partial charge >= 0.3 is 0 Å². The van der Waals surface area contributed by atoms with Gasteiger partial charge < -0.3 is 0 Å². The molecule has 0 spiro atoms. The molecule has 1 saturated carbocycles. The maximum atomic E-state index is 11.0. The van der Waals surface area contributed by atoms with Gasteiger partial charge in [0.15, 0.2) is 0 Å². The fraction of sp³-hybridized carbons (Fsp3) is 1.00. The van der Waals surface area contributed by atoms with Crippen LogP contribution in [-0.2, 0) is 14.3 Å². The van der Waals surface area contributed by atoms with Crippen LogP contribution in [-0.4, -0.2) is 20.8 Å². The highest BCUT2D eigenvalue weighted by atomic mass is 32.2. The third kappa shape index (κ3) is 4.51. The Morgan fingerprint density at radius 2 is 1.53 bits per heavy atom. The van der Waals surface area contributed by atoms with Crippen LogP contribution in [0.1, 0.15) is 46.5 Å². The van der Waals surface area contributed by atoms with Crippen molar-refractivity contribution in [2.24, 2.45) is 11.3 Å². The Balaban J connectivity index is 2.43. The first-order chi connectivity index (χ1) is 6.68. The summed E-state index contributed by atoms with van der Waals surface area (Å²) in [4.78, 5) is 0. The van der Waals surface area contributed by atoms with Crippen molar-refractivity contribution in [3.63, 3.8) is 0 Å². The van der Waals surface area contributed by atoms with Gasteiger partial charge in [-0.1, -0.05) is 20.8 Å². The van der Waals surface area contributed by atoms with Crippen LogP contribution >= 0.6 is 0 Å². The first-order valence-corrected chi connectivity index (χ1v) is 7.38. The van der Waals surface area contributed by atoms with Crippen LogP contribution in [0.5, 0.6) is 0 Å². The predicted octanol–water partition coefficient (Wildman–Crippen LogP) is 2.57. The molecule has 4 heteroatoms. The fourth-order valence-electron chi connectivity index (χ4n) is 2.27. The molecule has 0 N–H and O–H groups in total. The lowest BCUT2D eigenvalue weighted by atomic mass is 9.72. The zero-order valence-electron chi connectivity index (χ0n) is 10.1. The summed E-state index contributed by atoms with van der Waals surface area (Å²) >= 11 is 0. The summed E-state index contributed by atoms with van der Waals surface area (Å²) in [7, 11) is -3.28. The molecule has 0 radical (unpaired) electrons. The normalized spacial score (nSPS) is 29.1. The summed E-state index contributed by atoms with van der Waals surface area (Å²) in [5.74, 6) is 0.692. The average Bonchev–Trinajstić information content (AvgIpc) is 2.00. The van der Waals surface area contributed by atoms with Gasteiger partial charge in [0.25, 0.3) is 10.1 Å². The molecule has 0 bridgehead atoms. The first kappa shape index (κ1) is 13.0. The molecule has 3 nitrogen and oxygen atoms in total. The van der Waals surface area contributed by atoms with Crippen molar-refractivity contribution in [2.45, 2.75) is 52.6 Å². The van der Waals surface area contributed by atoms with Crippen LogP contribution in [0.25, 0.3) is 0 Å². The Kier molecular flexibility index (Phi) is 3.82. The zero-order chi connectivity index (χ0) is 11.7. The topological polar surface area (TPSA) is 43.4 Å². The molecule has 1 aliphatic rings. The predicted molar refractivity (Wildman–Crippen MR) is 61.1 cm³/mol. The maximum absolute atomic E-state index is 11.0.